The standard InChI is InChI=1S/C19H19F4N3O3/c1-2-15-17(20)18(25-11-24-15)29-14-6-7-26(9-14)16(27)10-28-13-5-3-4-12(8-13)19(21,22)23/h3-5,8,11,14H,2,6-7,9-10H2,1H3. The van der Waals surface area contributed by atoms with Crippen molar-refractivity contribution < 1.29 is 31.8 Å². The minimum atomic E-state index is -4.49. The van der Waals surface area contributed by atoms with Crippen LogP contribution >= 0.6 is 0 Å². The Balaban J connectivity index is 1.53. The number of amides is 1. The van der Waals surface area contributed by atoms with Crippen molar-refractivity contribution in [2.24, 2.45) is 0 Å². The first-order valence-corrected chi connectivity index (χ1v) is 9.01. The van der Waals surface area contributed by atoms with Gasteiger partial charge in [0, 0.05) is 13.0 Å². The molecule has 3 rings (SSSR count). The average molecular weight is 413 g/mol. The predicted octanol–water partition coefficient (Wildman–Crippen LogP) is 3.26. The van der Waals surface area contributed by atoms with Crippen LogP contribution in [0.2, 0.25) is 0 Å². The lowest BCUT2D eigenvalue weighted by molar-refractivity contribution is -0.137. The molecule has 1 unspecified atom stereocenters. The molecule has 0 N–H and O–H groups in total. The van der Waals surface area contributed by atoms with Gasteiger partial charge in [-0.1, -0.05) is 13.0 Å². The zero-order valence-electron chi connectivity index (χ0n) is 15.6. The Labute approximate surface area is 164 Å². The number of carbonyl (C=O) groups excluding carboxylic acids is 1. The molecule has 1 aliphatic heterocycles. The summed E-state index contributed by atoms with van der Waals surface area (Å²) >= 11 is 0. The Bertz CT molecular complexity index is 876. The number of alkyl halides is 3. The molecule has 0 radical (unpaired) electrons. The minimum absolute atomic E-state index is 0.0460. The lowest BCUT2D eigenvalue weighted by Gasteiger charge is -2.18. The largest absolute Gasteiger partial charge is 0.484 e. The Morgan fingerprint density at radius 1 is 1.31 bits per heavy atom. The van der Waals surface area contributed by atoms with E-state index in [1.54, 1.807) is 6.92 Å². The monoisotopic (exact) mass is 413 g/mol. The fourth-order valence-corrected chi connectivity index (χ4v) is 2.92. The van der Waals surface area contributed by atoms with Crippen LogP contribution in [0.15, 0.2) is 30.6 Å². The highest BCUT2D eigenvalue weighted by molar-refractivity contribution is 5.78. The first-order valence-electron chi connectivity index (χ1n) is 9.01. The third-order valence-corrected chi connectivity index (χ3v) is 4.46. The summed E-state index contributed by atoms with van der Waals surface area (Å²) < 4.78 is 63.1. The summed E-state index contributed by atoms with van der Waals surface area (Å²) in [6.07, 6.45) is -2.84. The normalized spacial score (nSPS) is 16.7. The molecule has 0 spiro atoms. The van der Waals surface area contributed by atoms with Crippen molar-refractivity contribution in [1.29, 1.82) is 0 Å². The molecule has 1 amide bonds. The lowest BCUT2D eigenvalue weighted by Crippen LogP contribution is -2.34. The second-order valence-electron chi connectivity index (χ2n) is 6.48. The Morgan fingerprint density at radius 3 is 2.83 bits per heavy atom. The molecule has 1 aromatic carbocycles. The molecule has 1 saturated heterocycles. The van der Waals surface area contributed by atoms with E-state index in [1.807, 2.05) is 0 Å². The van der Waals surface area contributed by atoms with Gasteiger partial charge >= 0.3 is 6.18 Å². The van der Waals surface area contributed by atoms with E-state index in [-0.39, 0.29) is 23.9 Å². The van der Waals surface area contributed by atoms with E-state index in [4.69, 9.17) is 9.47 Å². The third kappa shape index (κ3) is 5.12. The number of carbonyl (C=O) groups is 1. The van der Waals surface area contributed by atoms with E-state index >= 15 is 0 Å². The first-order chi connectivity index (χ1) is 13.8. The number of aromatic nitrogens is 2. The maximum absolute atomic E-state index is 14.2. The number of hydrogen-bond acceptors (Lipinski definition) is 5. The average Bonchev–Trinajstić information content (AvgIpc) is 3.16. The lowest BCUT2D eigenvalue weighted by atomic mass is 10.2. The summed E-state index contributed by atoms with van der Waals surface area (Å²) in [4.78, 5) is 21.4. The maximum atomic E-state index is 14.2. The molecule has 2 heterocycles. The smallest absolute Gasteiger partial charge is 0.416 e. The highest BCUT2D eigenvalue weighted by Gasteiger charge is 2.31. The summed E-state index contributed by atoms with van der Waals surface area (Å²) in [7, 11) is 0. The van der Waals surface area contributed by atoms with Gasteiger partial charge in [0.25, 0.3) is 11.8 Å². The van der Waals surface area contributed by atoms with Crippen LogP contribution in [-0.2, 0) is 17.4 Å². The quantitative estimate of drug-likeness (QED) is 0.681. The molecule has 1 fully saturated rings. The molecule has 0 bridgehead atoms. The van der Waals surface area contributed by atoms with Gasteiger partial charge in [-0.3, -0.25) is 4.79 Å². The van der Waals surface area contributed by atoms with Crippen molar-refractivity contribution in [3.05, 3.63) is 47.7 Å². The first kappa shape index (κ1) is 20.8. The Kier molecular flexibility index (Phi) is 6.19. The van der Waals surface area contributed by atoms with Crippen LogP contribution in [0, 0.1) is 5.82 Å². The minimum Gasteiger partial charge on any atom is -0.484 e. The van der Waals surface area contributed by atoms with Gasteiger partial charge in [0.05, 0.1) is 17.8 Å². The Hall–Kier alpha value is -2.91. The highest BCUT2D eigenvalue weighted by atomic mass is 19.4. The molecule has 0 aliphatic carbocycles. The molecule has 2 aromatic rings. The van der Waals surface area contributed by atoms with E-state index in [9.17, 15) is 22.4 Å². The van der Waals surface area contributed by atoms with Crippen LogP contribution in [0.25, 0.3) is 0 Å². The van der Waals surface area contributed by atoms with E-state index < -0.39 is 36.2 Å². The van der Waals surface area contributed by atoms with Crippen LogP contribution in [0.1, 0.15) is 24.6 Å². The summed E-state index contributed by atoms with van der Waals surface area (Å²) in [5, 5.41) is 0. The predicted molar refractivity (Wildman–Crippen MR) is 93.9 cm³/mol. The molecular weight excluding hydrogens is 394 g/mol. The fraction of sp³-hybridized carbons (Fsp3) is 0.421. The molecule has 1 aromatic heterocycles. The number of nitrogens with zero attached hydrogens (tertiary/aromatic N) is 3. The number of hydrogen-bond donors (Lipinski definition) is 0. The van der Waals surface area contributed by atoms with Crippen LogP contribution < -0.4 is 9.47 Å². The van der Waals surface area contributed by atoms with E-state index in [1.165, 1.54) is 23.4 Å². The number of rotatable bonds is 6. The van der Waals surface area contributed by atoms with E-state index in [0.717, 1.165) is 12.1 Å². The topological polar surface area (TPSA) is 64.6 Å². The van der Waals surface area contributed by atoms with Crippen molar-refractivity contribution in [1.82, 2.24) is 14.9 Å². The highest BCUT2D eigenvalue weighted by Crippen LogP contribution is 2.31. The van der Waals surface area contributed by atoms with Crippen LogP contribution in [0.3, 0.4) is 0 Å². The van der Waals surface area contributed by atoms with Crippen LogP contribution in [0.4, 0.5) is 17.6 Å². The summed E-state index contributed by atoms with van der Waals surface area (Å²) in [6.45, 7) is 1.92. The molecular formula is C19H19F4N3O3. The van der Waals surface area contributed by atoms with Crippen molar-refractivity contribution in [2.75, 3.05) is 19.7 Å². The Morgan fingerprint density at radius 2 is 2.10 bits per heavy atom. The molecule has 10 heteroatoms. The van der Waals surface area contributed by atoms with Gasteiger partial charge in [-0.25, -0.2) is 4.98 Å². The van der Waals surface area contributed by atoms with Gasteiger partial charge in [-0.05, 0) is 24.6 Å². The second kappa shape index (κ2) is 8.62. The van der Waals surface area contributed by atoms with Gasteiger partial charge in [0.15, 0.2) is 6.61 Å². The SMILES string of the molecule is CCc1ncnc(OC2CCN(C(=O)COc3cccc(C(F)(F)F)c3)C2)c1F. The van der Waals surface area contributed by atoms with Crippen LogP contribution in [-0.4, -0.2) is 46.6 Å². The maximum Gasteiger partial charge on any atom is 0.416 e. The molecule has 1 aliphatic rings. The fourth-order valence-electron chi connectivity index (χ4n) is 2.92. The zero-order chi connectivity index (χ0) is 21.0. The van der Waals surface area contributed by atoms with Gasteiger partial charge in [-0.15, -0.1) is 0 Å². The van der Waals surface area contributed by atoms with E-state index in [0.29, 0.717) is 19.4 Å². The summed E-state index contributed by atoms with van der Waals surface area (Å²) in [5.74, 6) is -1.22. The van der Waals surface area contributed by atoms with Crippen molar-refractivity contribution in [3.63, 3.8) is 0 Å². The van der Waals surface area contributed by atoms with Crippen molar-refractivity contribution >= 4 is 5.91 Å². The molecule has 29 heavy (non-hydrogen) atoms. The number of benzene rings is 1. The molecule has 6 nitrogen and oxygen atoms in total. The second-order valence-corrected chi connectivity index (χ2v) is 6.48. The van der Waals surface area contributed by atoms with Crippen LogP contribution in [0.5, 0.6) is 11.6 Å². The van der Waals surface area contributed by atoms with Gasteiger partial charge in [-0.2, -0.15) is 22.5 Å². The molecule has 1 atom stereocenters. The number of ether oxygens (including phenoxy) is 2. The van der Waals surface area contributed by atoms with Gasteiger partial charge < -0.3 is 14.4 Å². The molecule has 156 valence electrons. The zero-order valence-corrected chi connectivity index (χ0v) is 15.6. The summed E-state index contributed by atoms with van der Waals surface area (Å²) in [5.41, 5.74) is -0.606. The third-order valence-electron chi connectivity index (χ3n) is 4.46. The van der Waals surface area contributed by atoms with E-state index in [2.05, 4.69) is 9.97 Å². The number of likely N-dealkylation sites (tertiary alicyclic amines) is 1. The summed E-state index contributed by atoms with van der Waals surface area (Å²) in [6, 6.07) is 4.32. The van der Waals surface area contributed by atoms with Gasteiger partial charge in [0.2, 0.25) is 5.82 Å². The van der Waals surface area contributed by atoms with Gasteiger partial charge in [0.1, 0.15) is 18.2 Å². The van der Waals surface area contributed by atoms with Crippen molar-refractivity contribution in [2.45, 2.75) is 32.0 Å². The number of halogens is 4. The number of aryl methyl sites for hydroxylation is 1. The van der Waals surface area contributed by atoms with Crippen molar-refractivity contribution in [3.8, 4) is 11.6 Å². The molecule has 0 saturated carbocycles.